The Morgan fingerprint density at radius 3 is 2.44 bits per heavy atom. The van der Waals surface area contributed by atoms with Gasteiger partial charge in [0, 0.05) is 5.92 Å². The van der Waals surface area contributed by atoms with Crippen LogP contribution in [0.2, 0.25) is 0 Å². The second-order valence-corrected chi connectivity index (χ2v) is 6.38. The highest BCUT2D eigenvalue weighted by Crippen LogP contribution is 2.32. The molecule has 0 N–H and O–H groups in total. The average molecular weight is 266 g/mol. The fraction of sp³-hybridized carbons (Fsp3) is 0.625. The zero-order valence-corrected chi connectivity index (χ0v) is 13.2. The largest absolute Gasteiger partial charge is 0.493 e. The van der Waals surface area contributed by atoms with Crippen LogP contribution in [0.1, 0.15) is 45.2 Å². The Bertz CT molecular complexity index is 375. The third-order valence-electron chi connectivity index (χ3n) is 3.26. The van der Waals surface area contributed by atoms with E-state index < -0.39 is 0 Å². The maximum Gasteiger partial charge on any atom is 0.123 e. The molecule has 0 bridgehead atoms. The predicted molar refractivity (Wildman–Crippen MR) is 83.0 cm³/mol. The Kier molecular flexibility index (Phi) is 5.58. The van der Waals surface area contributed by atoms with E-state index in [4.69, 9.17) is 4.74 Å². The van der Waals surface area contributed by atoms with Gasteiger partial charge in [-0.2, -0.15) is 12.6 Å². The summed E-state index contributed by atoms with van der Waals surface area (Å²) in [7, 11) is 0. The molecule has 1 unspecified atom stereocenters. The van der Waals surface area contributed by atoms with Gasteiger partial charge in [-0.3, -0.25) is 0 Å². The lowest BCUT2D eigenvalue weighted by molar-refractivity contribution is 0.254. The van der Waals surface area contributed by atoms with Crippen molar-refractivity contribution in [1.82, 2.24) is 0 Å². The number of ether oxygens (including phenoxy) is 1. The second kappa shape index (κ2) is 6.51. The van der Waals surface area contributed by atoms with Gasteiger partial charge in [0.15, 0.2) is 0 Å². The maximum atomic E-state index is 6.04. The fourth-order valence-corrected chi connectivity index (χ4v) is 2.24. The van der Waals surface area contributed by atoms with Crippen molar-refractivity contribution in [3.8, 4) is 5.75 Å². The van der Waals surface area contributed by atoms with Gasteiger partial charge in [-0.15, -0.1) is 0 Å². The van der Waals surface area contributed by atoms with Crippen molar-refractivity contribution in [3.05, 3.63) is 29.3 Å². The van der Waals surface area contributed by atoms with Crippen molar-refractivity contribution in [2.45, 2.75) is 46.5 Å². The SMILES string of the molecule is CCC(CS)COc1cc(C)ccc1C(C)(C)C. The van der Waals surface area contributed by atoms with Crippen LogP contribution in [0.3, 0.4) is 0 Å². The average Bonchev–Trinajstić information content (AvgIpc) is 2.28. The highest BCUT2D eigenvalue weighted by atomic mass is 32.1. The zero-order chi connectivity index (χ0) is 13.8. The van der Waals surface area contributed by atoms with E-state index in [-0.39, 0.29) is 5.41 Å². The molecule has 0 aliphatic heterocycles. The summed E-state index contributed by atoms with van der Waals surface area (Å²) in [5.41, 5.74) is 2.64. The van der Waals surface area contributed by atoms with Gasteiger partial charge in [0.1, 0.15) is 5.75 Å². The van der Waals surface area contributed by atoms with Crippen molar-refractivity contribution in [1.29, 1.82) is 0 Å². The first-order chi connectivity index (χ1) is 8.38. The van der Waals surface area contributed by atoms with E-state index in [1.165, 1.54) is 11.1 Å². The van der Waals surface area contributed by atoms with Gasteiger partial charge in [-0.1, -0.05) is 39.8 Å². The molecule has 0 fully saturated rings. The molecule has 0 saturated carbocycles. The Hall–Kier alpha value is -0.630. The van der Waals surface area contributed by atoms with Crippen LogP contribution < -0.4 is 4.74 Å². The van der Waals surface area contributed by atoms with Crippen molar-refractivity contribution in [2.24, 2.45) is 5.92 Å². The first-order valence-electron chi connectivity index (χ1n) is 6.73. The summed E-state index contributed by atoms with van der Waals surface area (Å²) >= 11 is 4.37. The molecular formula is C16H26OS. The van der Waals surface area contributed by atoms with Crippen LogP contribution in [0.5, 0.6) is 5.75 Å². The van der Waals surface area contributed by atoms with Gasteiger partial charge in [-0.05, 0) is 41.7 Å². The molecular weight excluding hydrogens is 240 g/mol. The van der Waals surface area contributed by atoms with Gasteiger partial charge >= 0.3 is 0 Å². The van der Waals surface area contributed by atoms with Crippen LogP contribution in [0.4, 0.5) is 0 Å². The Labute approximate surface area is 117 Å². The molecule has 1 rings (SSSR count). The van der Waals surface area contributed by atoms with E-state index in [2.05, 4.69) is 65.4 Å². The first kappa shape index (κ1) is 15.4. The molecule has 0 radical (unpaired) electrons. The topological polar surface area (TPSA) is 9.23 Å². The van der Waals surface area contributed by atoms with Crippen molar-refractivity contribution in [3.63, 3.8) is 0 Å². The van der Waals surface area contributed by atoms with Crippen LogP contribution in [0, 0.1) is 12.8 Å². The molecule has 1 nitrogen and oxygen atoms in total. The van der Waals surface area contributed by atoms with Crippen molar-refractivity contribution in [2.75, 3.05) is 12.4 Å². The molecule has 2 heteroatoms. The van der Waals surface area contributed by atoms with Gasteiger partial charge in [0.05, 0.1) is 6.61 Å². The van der Waals surface area contributed by atoms with Crippen LogP contribution in [-0.4, -0.2) is 12.4 Å². The summed E-state index contributed by atoms with van der Waals surface area (Å²) in [4.78, 5) is 0. The molecule has 102 valence electrons. The number of hydrogen-bond donors (Lipinski definition) is 1. The lowest BCUT2D eigenvalue weighted by atomic mass is 9.86. The van der Waals surface area contributed by atoms with Crippen molar-refractivity contribution >= 4 is 12.6 Å². The van der Waals surface area contributed by atoms with Crippen LogP contribution in [0.15, 0.2) is 18.2 Å². The van der Waals surface area contributed by atoms with Gasteiger partial charge in [0.2, 0.25) is 0 Å². The lowest BCUT2D eigenvalue weighted by Crippen LogP contribution is -2.17. The number of aryl methyl sites for hydroxylation is 1. The molecule has 0 aliphatic rings. The minimum absolute atomic E-state index is 0.117. The lowest BCUT2D eigenvalue weighted by Gasteiger charge is -2.24. The van der Waals surface area contributed by atoms with Gasteiger partial charge in [-0.25, -0.2) is 0 Å². The first-order valence-corrected chi connectivity index (χ1v) is 7.36. The summed E-state index contributed by atoms with van der Waals surface area (Å²) in [6.07, 6.45) is 1.11. The maximum absolute atomic E-state index is 6.04. The number of benzene rings is 1. The number of hydrogen-bond acceptors (Lipinski definition) is 2. The molecule has 18 heavy (non-hydrogen) atoms. The van der Waals surface area contributed by atoms with Gasteiger partial charge < -0.3 is 4.74 Å². The minimum Gasteiger partial charge on any atom is -0.493 e. The molecule has 0 amide bonds. The quantitative estimate of drug-likeness (QED) is 0.765. The Balaban J connectivity index is 2.89. The summed E-state index contributed by atoms with van der Waals surface area (Å²) in [6.45, 7) is 11.7. The molecule has 1 aromatic rings. The van der Waals surface area contributed by atoms with Crippen LogP contribution in [-0.2, 0) is 5.41 Å². The Morgan fingerprint density at radius 2 is 1.94 bits per heavy atom. The van der Waals surface area contributed by atoms with E-state index in [0.29, 0.717) is 5.92 Å². The summed E-state index contributed by atoms with van der Waals surface area (Å²) in [6, 6.07) is 6.49. The molecule has 0 spiro atoms. The standard InChI is InChI=1S/C16H26OS/c1-6-13(11-18)10-17-15-9-12(2)7-8-14(15)16(3,4)5/h7-9,13,18H,6,10-11H2,1-5H3. The minimum atomic E-state index is 0.117. The summed E-state index contributed by atoms with van der Waals surface area (Å²) in [5.74, 6) is 2.44. The predicted octanol–water partition coefficient (Wildman–Crippen LogP) is 4.63. The smallest absolute Gasteiger partial charge is 0.123 e. The normalized spacial score (nSPS) is 13.4. The molecule has 0 aliphatic carbocycles. The fourth-order valence-electron chi connectivity index (χ4n) is 1.88. The van der Waals surface area contributed by atoms with E-state index in [1.807, 2.05) is 0 Å². The third kappa shape index (κ3) is 4.24. The monoisotopic (exact) mass is 266 g/mol. The zero-order valence-electron chi connectivity index (χ0n) is 12.3. The molecule has 1 aromatic carbocycles. The summed E-state index contributed by atoms with van der Waals surface area (Å²) < 4.78 is 6.04. The van der Waals surface area contributed by atoms with E-state index in [0.717, 1.165) is 24.5 Å². The van der Waals surface area contributed by atoms with Gasteiger partial charge in [0.25, 0.3) is 0 Å². The van der Waals surface area contributed by atoms with Crippen molar-refractivity contribution < 1.29 is 4.74 Å². The molecule has 0 heterocycles. The Morgan fingerprint density at radius 1 is 1.28 bits per heavy atom. The highest BCUT2D eigenvalue weighted by molar-refractivity contribution is 7.80. The van der Waals surface area contributed by atoms with E-state index in [1.54, 1.807) is 0 Å². The van der Waals surface area contributed by atoms with E-state index in [9.17, 15) is 0 Å². The summed E-state index contributed by atoms with van der Waals surface area (Å²) in [5, 5.41) is 0. The second-order valence-electron chi connectivity index (χ2n) is 6.02. The highest BCUT2D eigenvalue weighted by Gasteiger charge is 2.19. The number of rotatable bonds is 5. The third-order valence-corrected chi connectivity index (χ3v) is 3.77. The molecule has 0 saturated heterocycles. The number of thiol groups is 1. The van der Waals surface area contributed by atoms with Crippen LogP contribution >= 0.6 is 12.6 Å². The van der Waals surface area contributed by atoms with E-state index >= 15 is 0 Å². The molecule has 0 aromatic heterocycles. The molecule has 1 atom stereocenters. The van der Waals surface area contributed by atoms with Crippen LogP contribution in [0.25, 0.3) is 0 Å².